The lowest BCUT2D eigenvalue weighted by Crippen LogP contribution is -2.25. The summed E-state index contributed by atoms with van der Waals surface area (Å²) in [5, 5.41) is 11.4. The summed E-state index contributed by atoms with van der Waals surface area (Å²) in [6.45, 7) is 3.51. The molecular formula is C38H33FN8O2. The van der Waals surface area contributed by atoms with Crippen LogP contribution in [0.1, 0.15) is 18.4 Å². The van der Waals surface area contributed by atoms with Crippen LogP contribution in [0.3, 0.4) is 0 Å². The number of nitrogens with zero attached hydrogens (tertiary/aromatic N) is 5. The van der Waals surface area contributed by atoms with Gasteiger partial charge in [-0.25, -0.2) is 9.37 Å². The van der Waals surface area contributed by atoms with Crippen molar-refractivity contribution in [1.29, 1.82) is 0 Å². The lowest BCUT2D eigenvalue weighted by Gasteiger charge is -2.15. The molecule has 7 aromatic rings. The molecule has 1 saturated heterocycles. The fourth-order valence-corrected chi connectivity index (χ4v) is 6.37. The Bertz CT molecular complexity index is 2280. The molecule has 3 aromatic carbocycles. The van der Waals surface area contributed by atoms with E-state index in [1.165, 1.54) is 25.0 Å². The Labute approximate surface area is 281 Å². The Kier molecular flexibility index (Phi) is 8.24. The van der Waals surface area contributed by atoms with E-state index in [1.807, 2.05) is 66.7 Å². The molecule has 11 heteroatoms. The second-order valence-corrected chi connectivity index (χ2v) is 12.2. The first-order valence-electron chi connectivity index (χ1n) is 16.3. The van der Waals surface area contributed by atoms with E-state index in [0.717, 1.165) is 52.7 Å². The van der Waals surface area contributed by atoms with E-state index >= 15 is 0 Å². The van der Waals surface area contributed by atoms with Crippen LogP contribution in [-0.4, -0.2) is 67.2 Å². The number of imidazole rings is 1. The number of pyridine rings is 2. The molecule has 0 unspecified atom stereocenters. The van der Waals surface area contributed by atoms with Crippen molar-refractivity contribution in [3.63, 3.8) is 0 Å². The van der Waals surface area contributed by atoms with Gasteiger partial charge in [-0.15, -0.1) is 0 Å². The summed E-state index contributed by atoms with van der Waals surface area (Å²) in [6.07, 6.45) is 7.73. The van der Waals surface area contributed by atoms with Gasteiger partial charge in [0, 0.05) is 35.3 Å². The molecule has 1 aliphatic heterocycles. The third kappa shape index (κ3) is 6.61. The number of carbonyl (C=O) groups is 1. The zero-order valence-corrected chi connectivity index (χ0v) is 26.6. The number of benzene rings is 3. The Morgan fingerprint density at radius 2 is 1.80 bits per heavy atom. The Balaban J connectivity index is 1.06. The van der Waals surface area contributed by atoms with Gasteiger partial charge in [0.15, 0.2) is 5.82 Å². The number of hydrogen-bond acceptors (Lipinski definition) is 7. The maximum absolute atomic E-state index is 14.8. The fraction of sp³-hybridized carbons (Fsp3) is 0.184. The van der Waals surface area contributed by atoms with Gasteiger partial charge >= 0.3 is 0 Å². The SMILES string of the molecule is O=C(Cc1ccccc1)Nc1cncc(-c2cc3c(-c4nc5c(-c6cc(F)cc(OCCN7CCCC7)c6)cccc5[nH]4)n[nH]c3cn2)c1. The second kappa shape index (κ2) is 13.3. The molecule has 0 radical (unpaired) electrons. The van der Waals surface area contributed by atoms with E-state index in [0.29, 0.717) is 46.3 Å². The number of aromatic nitrogens is 6. The number of anilines is 1. The Hall–Kier alpha value is -5.94. The van der Waals surface area contributed by atoms with Crippen LogP contribution in [-0.2, 0) is 11.2 Å². The monoisotopic (exact) mass is 652 g/mol. The minimum Gasteiger partial charge on any atom is -0.492 e. The van der Waals surface area contributed by atoms with Crippen LogP contribution in [0.4, 0.5) is 10.1 Å². The number of fused-ring (bicyclic) bond motifs is 2. The van der Waals surface area contributed by atoms with Crippen LogP contribution >= 0.6 is 0 Å². The van der Waals surface area contributed by atoms with E-state index in [-0.39, 0.29) is 18.1 Å². The molecule has 1 fully saturated rings. The maximum atomic E-state index is 14.8. The van der Waals surface area contributed by atoms with Gasteiger partial charge in [0.1, 0.15) is 23.9 Å². The van der Waals surface area contributed by atoms with Crippen LogP contribution in [0.15, 0.2) is 97.5 Å². The van der Waals surface area contributed by atoms with Gasteiger partial charge in [0.2, 0.25) is 5.91 Å². The van der Waals surface area contributed by atoms with Gasteiger partial charge in [-0.2, -0.15) is 5.10 Å². The molecule has 10 nitrogen and oxygen atoms in total. The molecule has 244 valence electrons. The van der Waals surface area contributed by atoms with Crippen molar-refractivity contribution >= 4 is 33.5 Å². The number of ether oxygens (including phenoxy) is 1. The first-order chi connectivity index (χ1) is 24.1. The topological polar surface area (TPSA) is 125 Å². The van der Waals surface area contributed by atoms with Crippen LogP contribution < -0.4 is 10.1 Å². The van der Waals surface area contributed by atoms with Gasteiger partial charge in [0.25, 0.3) is 0 Å². The molecule has 8 rings (SSSR count). The Morgan fingerprint density at radius 3 is 2.67 bits per heavy atom. The molecule has 0 atom stereocenters. The van der Waals surface area contributed by atoms with E-state index in [1.54, 1.807) is 18.6 Å². The molecule has 0 bridgehead atoms. The first kappa shape index (κ1) is 30.4. The number of carbonyl (C=O) groups excluding carboxylic acids is 1. The zero-order chi connectivity index (χ0) is 33.2. The lowest BCUT2D eigenvalue weighted by atomic mass is 10.0. The maximum Gasteiger partial charge on any atom is 0.228 e. The molecule has 49 heavy (non-hydrogen) atoms. The van der Waals surface area contributed by atoms with Gasteiger partial charge in [-0.3, -0.25) is 24.8 Å². The third-order valence-electron chi connectivity index (χ3n) is 8.77. The highest BCUT2D eigenvalue weighted by Crippen LogP contribution is 2.34. The normalized spacial score (nSPS) is 13.3. The number of rotatable bonds is 10. The summed E-state index contributed by atoms with van der Waals surface area (Å²) in [5.74, 6) is 0.558. The minimum atomic E-state index is -0.367. The predicted octanol–water partition coefficient (Wildman–Crippen LogP) is 7.03. The van der Waals surface area contributed by atoms with Crippen molar-refractivity contribution in [3.8, 4) is 39.7 Å². The smallest absolute Gasteiger partial charge is 0.228 e. The van der Waals surface area contributed by atoms with E-state index in [4.69, 9.17) is 9.72 Å². The van der Waals surface area contributed by atoms with Crippen molar-refractivity contribution < 1.29 is 13.9 Å². The number of para-hydroxylation sites is 1. The molecule has 1 amide bonds. The van der Waals surface area contributed by atoms with Crippen LogP contribution in [0.2, 0.25) is 0 Å². The fourth-order valence-electron chi connectivity index (χ4n) is 6.37. The van der Waals surface area contributed by atoms with Gasteiger partial charge in [-0.05, 0) is 67.4 Å². The number of hydrogen-bond donors (Lipinski definition) is 3. The van der Waals surface area contributed by atoms with E-state index in [9.17, 15) is 9.18 Å². The van der Waals surface area contributed by atoms with E-state index in [2.05, 4.69) is 35.4 Å². The summed E-state index contributed by atoms with van der Waals surface area (Å²) in [6, 6.07) is 23.9. The average molecular weight is 653 g/mol. The van der Waals surface area contributed by atoms with Crippen molar-refractivity contribution in [1.82, 2.24) is 35.0 Å². The average Bonchev–Trinajstić information content (AvgIpc) is 3.88. The van der Waals surface area contributed by atoms with Crippen LogP contribution in [0.5, 0.6) is 5.75 Å². The number of H-pyrrole nitrogens is 2. The van der Waals surface area contributed by atoms with Crippen molar-refractivity contribution in [2.45, 2.75) is 19.3 Å². The number of halogens is 1. The lowest BCUT2D eigenvalue weighted by molar-refractivity contribution is -0.115. The molecule has 1 aliphatic rings. The van der Waals surface area contributed by atoms with Crippen molar-refractivity contribution in [2.24, 2.45) is 0 Å². The number of nitrogens with one attached hydrogen (secondary N) is 3. The van der Waals surface area contributed by atoms with Crippen molar-refractivity contribution in [3.05, 3.63) is 109 Å². The summed E-state index contributed by atoms with van der Waals surface area (Å²) < 4.78 is 20.8. The summed E-state index contributed by atoms with van der Waals surface area (Å²) >= 11 is 0. The number of amides is 1. The second-order valence-electron chi connectivity index (χ2n) is 12.2. The third-order valence-corrected chi connectivity index (χ3v) is 8.77. The highest BCUT2D eigenvalue weighted by molar-refractivity contribution is 5.98. The van der Waals surface area contributed by atoms with Gasteiger partial charge in [-0.1, -0.05) is 42.5 Å². The largest absolute Gasteiger partial charge is 0.492 e. The molecule has 0 saturated carbocycles. The molecular weight excluding hydrogens is 619 g/mol. The molecule has 4 aromatic heterocycles. The zero-order valence-electron chi connectivity index (χ0n) is 26.6. The highest BCUT2D eigenvalue weighted by Gasteiger charge is 2.18. The summed E-state index contributed by atoms with van der Waals surface area (Å²) in [7, 11) is 0. The quantitative estimate of drug-likeness (QED) is 0.145. The van der Waals surface area contributed by atoms with Crippen molar-refractivity contribution in [2.75, 3.05) is 31.6 Å². The highest BCUT2D eigenvalue weighted by atomic mass is 19.1. The van der Waals surface area contributed by atoms with Crippen LogP contribution in [0, 0.1) is 5.82 Å². The summed E-state index contributed by atoms with van der Waals surface area (Å²) in [5.41, 5.74) is 7.21. The number of likely N-dealkylation sites (tertiary alicyclic amines) is 1. The predicted molar refractivity (Wildman–Crippen MR) is 188 cm³/mol. The first-order valence-corrected chi connectivity index (χ1v) is 16.3. The molecule has 0 aliphatic carbocycles. The number of aromatic amines is 2. The Morgan fingerprint density at radius 1 is 0.918 bits per heavy atom. The summed E-state index contributed by atoms with van der Waals surface area (Å²) in [4.78, 5) is 32.4. The minimum absolute atomic E-state index is 0.130. The molecule has 0 spiro atoms. The van der Waals surface area contributed by atoms with E-state index < -0.39 is 0 Å². The molecule has 3 N–H and O–H groups in total. The molecule has 5 heterocycles. The van der Waals surface area contributed by atoms with Crippen LogP contribution in [0.25, 0.3) is 55.8 Å². The van der Waals surface area contributed by atoms with Gasteiger partial charge in [0.05, 0.1) is 46.7 Å². The van der Waals surface area contributed by atoms with Gasteiger partial charge < -0.3 is 15.0 Å². The standard InChI is InChI=1S/C38H33FN8O2/c39-27-16-25(18-29(19-27)49-14-13-47-11-4-5-12-47)30-9-6-10-32-36(30)44-38(43-32)37-31-20-33(41-23-34(31)45-46-37)26-17-28(22-40-21-26)42-35(48)15-24-7-2-1-3-8-24/h1-3,6-10,16-23H,4-5,11-15H2,(H,42,48)(H,43,44)(H,45,46).